The fourth-order valence-corrected chi connectivity index (χ4v) is 3.47. The lowest BCUT2D eigenvalue weighted by Gasteiger charge is -2.24. The molecule has 1 saturated carbocycles. The van der Waals surface area contributed by atoms with Crippen LogP contribution in [0.25, 0.3) is 0 Å². The third kappa shape index (κ3) is 2.32. The van der Waals surface area contributed by atoms with Crippen molar-refractivity contribution in [3.8, 4) is 0 Å². The van der Waals surface area contributed by atoms with Gasteiger partial charge in [0, 0.05) is 30.5 Å². The van der Waals surface area contributed by atoms with Crippen molar-refractivity contribution in [3.05, 3.63) is 53.4 Å². The van der Waals surface area contributed by atoms with Gasteiger partial charge in [0.25, 0.3) is 5.91 Å². The molecule has 0 spiro atoms. The first-order chi connectivity index (χ1) is 10.7. The molecule has 4 heteroatoms. The van der Waals surface area contributed by atoms with Crippen LogP contribution in [0.5, 0.6) is 0 Å². The zero-order chi connectivity index (χ0) is 15.1. The minimum absolute atomic E-state index is 0.00146. The fraction of sp³-hybridized carbons (Fsp3) is 0.444. The average Bonchev–Trinajstić information content (AvgIpc) is 3.15. The van der Waals surface area contributed by atoms with Crippen LogP contribution in [0, 0.1) is 0 Å². The molecule has 2 fully saturated rings. The Morgan fingerprint density at radius 1 is 1.23 bits per heavy atom. The highest BCUT2D eigenvalue weighted by Crippen LogP contribution is 2.40. The maximum atomic E-state index is 12.7. The Kier molecular flexibility index (Phi) is 3.25. The van der Waals surface area contributed by atoms with E-state index in [0.29, 0.717) is 17.5 Å². The molecular weight excluding hydrogens is 276 g/mol. The number of benzene rings is 1. The second kappa shape index (κ2) is 5.27. The summed E-state index contributed by atoms with van der Waals surface area (Å²) in [7, 11) is 0. The molecule has 0 bridgehead atoms. The monoisotopic (exact) mass is 296 g/mol. The van der Waals surface area contributed by atoms with Crippen LogP contribution in [0.15, 0.2) is 40.9 Å². The first-order valence-electron chi connectivity index (χ1n) is 8.06. The lowest BCUT2D eigenvalue weighted by molar-refractivity contribution is 0.0731. The molecule has 2 aliphatic rings. The number of carbonyl (C=O) groups is 1. The van der Waals surface area contributed by atoms with Crippen molar-refractivity contribution in [2.75, 3.05) is 6.54 Å². The standard InChI is InChI=1S/C18H20N2O2/c1-12-15(13-5-3-2-4-6-13)9-10-20(12)18(21)16-11-17(22-19-16)14-7-8-14/h2-6,11-12,14-15H,7-10H2,1H3/t12-,15+/m1/s1. The van der Waals surface area contributed by atoms with E-state index < -0.39 is 0 Å². The van der Waals surface area contributed by atoms with Crippen LogP contribution in [0.4, 0.5) is 0 Å². The largest absolute Gasteiger partial charge is 0.360 e. The van der Waals surface area contributed by atoms with E-state index in [1.54, 1.807) is 0 Å². The second-order valence-electron chi connectivity index (χ2n) is 6.43. The molecule has 2 aromatic rings. The van der Waals surface area contributed by atoms with Crippen LogP contribution in [-0.2, 0) is 0 Å². The summed E-state index contributed by atoms with van der Waals surface area (Å²) in [5.41, 5.74) is 1.77. The predicted octanol–water partition coefficient (Wildman–Crippen LogP) is 3.57. The molecule has 114 valence electrons. The minimum atomic E-state index is 0.00146. The first kappa shape index (κ1) is 13.6. The molecule has 4 rings (SSSR count). The van der Waals surface area contributed by atoms with E-state index in [1.165, 1.54) is 5.56 Å². The highest BCUT2D eigenvalue weighted by molar-refractivity contribution is 5.92. The van der Waals surface area contributed by atoms with Gasteiger partial charge in [-0.05, 0) is 31.7 Å². The summed E-state index contributed by atoms with van der Waals surface area (Å²) in [5.74, 6) is 1.76. The summed E-state index contributed by atoms with van der Waals surface area (Å²) in [6, 6.07) is 12.5. The van der Waals surface area contributed by atoms with Gasteiger partial charge in [-0.2, -0.15) is 0 Å². The third-order valence-electron chi connectivity index (χ3n) is 4.97. The van der Waals surface area contributed by atoms with Crippen molar-refractivity contribution in [1.82, 2.24) is 10.1 Å². The van der Waals surface area contributed by atoms with Crippen molar-refractivity contribution in [3.63, 3.8) is 0 Å². The number of hydrogen-bond donors (Lipinski definition) is 0. The van der Waals surface area contributed by atoms with Crippen molar-refractivity contribution < 1.29 is 9.32 Å². The van der Waals surface area contributed by atoms with Gasteiger partial charge in [-0.1, -0.05) is 35.5 Å². The van der Waals surface area contributed by atoms with E-state index in [4.69, 9.17) is 4.52 Å². The molecular formula is C18H20N2O2. The molecule has 1 aromatic carbocycles. The Bertz CT molecular complexity index is 675. The van der Waals surface area contributed by atoms with Crippen molar-refractivity contribution in [2.24, 2.45) is 0 Å². The fourth-order valence-electron chi connectivity index (χ4n) is 3.47. The number of likely N-dealkylation sites (tertiary alicyclic amines) is 1. The van der Waals surface area contributed by atoms with Gasteiger partial charge in [0.1, 0.15) is 5.76 Å². The summed E-state index contributed by atoms with van der Waals surface area (Å²) in [6.07, 6.45) is 3.31. The van der Waals surface area contributed by atoms with Gasteiger partial charge in [0.05, 0.1) is 0 Å². The van der Waals surface area contributed by atoms with Gasteiger partial charge in [-0.3, -0.25) is 4.79 Å². The molecule has 22 heavy (non-hydrogen) atoms. The van der Waals surface area contributed by atoms with Crippen LogP contribution in [-0.4, -0.2) is 28.6 Å². The molecule has 1 aromatic heterocycles. The summed E-state index contributed by atoms with van der Waals surface area (Å²) < 4.78 is 5.32. The third-order valence-corrected chi connectivity index (χ3v) is 4.97. The minimum Gasteiger partial charge on any atom is -0.360 e. The van der Waals surface area contributed by atoms with Crippen molar-refractivity contribution in [2.45, 2.75) is 44.1 Å². The van der Waals surface area contributed by atoms with Crippen LogP contribution >= 0.6 is 0 Å². The van der Waals surface area contributed by atoms with Gasteiger partial charge >= 0.3 is 0 Å². The van der Waals surface area contributed by atoms with Gasteiger partial charge in [-0.15, -0.1) is 0 Å². The Balaban J connectivity index is 1.51. The smallest absolute Gasteiger partial charge is 0.276 e. The van der Waals surface area contributed by atoms with E-state index in [9.17, 15) is 4.79 Å². The molecule has 0 N–H and O–H groups in total. The van der Waals surface area contributed by atoms with Crippen LogP contribution in [0.3, 0.4) is 0 Å². The molecule has 0 radical (unpaired) electrons. The zero-order valence-electron chi connectivity index (χ0n) is 12.7. The van der Waals surface area contributed by atoms with Crippen LogP contribution in [0.2, 0.25) is 0 Å². The molecule has 1 amide bonds. The number of rotatable bonds is 3. The maximum Gasteiger partial charge on any atom is 0.276 e. The van der Waals surface area contributed by atoms with E-state index in [0.717, 1.165) is 31.6 Å². The number of aromatic nitrogens is 1. The summed E-state index contributed by atoms with van der Waals surface area (Å²) >= 11 is 0. The Morgan fingerprint density at radius 3 is 2.73 bits per heavy atom. The molecule has 1 aliphatic heterocycles. The van der Waals surface area contributed by atoms with E-state index in [2.05, 4.69) is 36.3 Å². The van der Waals surface area contributed by atoms with Crippen LogP contribution in [0.1, 0.15) is 59.8 Å². The number of amides is 1. The maximum absolute atomic E-state index is 12.7. The number of nitrogens with zero attached hydrogens (tertiary/aromatic N) is 2. The highest BCUT2D eigenvalue weighted by Gasteiger charge is 2.37. The van der Waals surface area contributed by atoms with E-state index in [-0.39, 0.29) is 11.9 Å². The normalized spacial score (nSPS) is 24.7. The topological polar surface area (TPSA) is 46.3 Å². The molecule has 1 saturated heterocycles. The SMILES string of the molecule is C[C@@H]1[C@@H](c2ccccc2)CCN1C(=O)c1cc(C2CC2)on1. The van der Waals surface area contributed by atoms with Crippen molar-refractivity contribution >= 4 is 5.91 Å². The number of hydrogen-bond acceptors (Lipinski definition) is 3. The quantitative estimate of drug-likeness (QED) is 0.870. The lowest BCUT2D eigenvalue weighted by Crippen LogP contribution is -2.35. The Hall–Kier alpha value is -2.10. The van der Waals surface area contributed by atoms with E-state index in [1.807, 2.05) is 17.0 Å². The van der Waals surface area contributed by atoms with Crippen LogP contribution < -0.4 is 0 Å². The van der Waals surface area contributed by atoms with E-state index >= 15 is 0 Å². The molecule has 1 aliphatic carbocycles. The first-order valence-corrected chi connectivity index (χ1v) is 8.06. The average molecular weight is 296 g/mol. The summed E-state index contributed by atoms with van der Waals surface area (Å²) in [4.78, 5) is 14.6. The molecule has 2 heterocycles. The van der Waals surface area contributed by atoms with Gasteiger partial charge in [0.2, 0.25) is 0 Å². The van der Waals surface area contributed by atoms with Gasteiger partial charge in [-0.25, -0.2) is 0 Å². The Morgan fingerprint density at radius 2 is 2.00 bits per heavy atom. The molecule has 0 unspecified atom stereocenters. The highest BCUT2D eigenvalue weighted by atomic mass is 16.5. The Labute approximate surface area is 130 Å². The summed E-state index contributed by atoms with van der Waals surface area (Å²) in [6.45, 7) is 2.91. The second-order valence-corrected chi connectivity index (χ2v) is 6.43. The summed E-state index contributed by atoms with van der Waals surface area (Å²) in [5, 5.41) is 3.99. The molecule has 2 atom stereocenters. The predicted molar refractivity (Wildman–Crippen MR) is 82.8 cm³/mol. The lowest BCUT2D eigenvalue weighted by atomic mass is 9.93. The zero-order valence-corrected chi connectivity index (χ0v) is 12.7. The van der Waals surface area contributed by atoms with Crippen molar-refractivity contribution in [1.29, 1.82) is 0 Å². The van der Waals surface area contributed by atoms with Gasteiger partial charge < -0.3 is 9.42 Å². The van der Waals surface area contributed by atoms with Gasteiger partial charge in [0.15, 0.2) is 5.69 Å². The molecule has 4 nitrogen and oxygen atoms in total. The number of carbonyl (C=O) groups excluding carboxylic acids is 1.